The lowest BCUT2D eigenvalue weighted by Crippen LogP contribution is -2.33. The number of hydrogen-bond donors (Lipinski definition) is 1. The number of carbonyl (C=O) groups excluding carboxylic acids is 3. The molecule has 0 saturated carbocycles. The summed E-state index contributed by atoms with van der Waals surface area (Å²) in [5, 5.41) is 2.92. The first-order valence-corrected chi connectivity index (χ1v) is 11.4. The Morgan fingerprint density at radius 2 is 1.76 bits per heavy atom. The van der Waals surface area contributed by atoms with Crippen LogP contribution < -0.4 is 10.1 Å². The van der Waals surface area contributed by atoms with Crippen molar-refractivity contribution >= 4 is 34.2 Å². The van der Waals surface area contributed by atoms with Crippen molar-refractivity contribution in [3.05, 3.63) is 46.1 Å². The third-order valence-electron chi connectivity index (χ3n) is 4.55. The Morgan fingerprint density at radius 1 is 1.06 bits per heavy atom. The van der Waals surface area contributed by atoms with Crippen molar-refractivity contribution in [2.75, 3.05) is 59.0 Å². The third kappa shape index (κ3) is 8.08. The van der Waals surface area contributed by atoms with Crippen molar-refractivity contribution in [3.63, 3.8) is 0 Å². The Morgan fingerprint density at radius 3 is 2.41 bits per heavy atom. The van der Waals surface area contributed by atoms with Crippen molar-refractivity contribution in [3.8, 4) is 5.75 Å². The number of likely N-dealkylation sites (N-methyl/N-ethyl adjacent to an activating group) is 1. The molecule has 11 heteroatoms. The van der Waals surface area contributed by atoms with E-state index in [2.05, 4.69) is 5.32 Å². The molecule has 0 spiro atoms. The van der Waals surface area contributed by atoms with E-state index >= 15 is 0 Å². The van der Waals surface area contributed by atoms with Gasteiger partial charge < -0.3 is 24.3 Å². The maximum absolute atomic E-state index is 13.0. The summed E-state index contributed by atoms with van der Waals surface area (Å²) in [6.07, 6.45) is 0. The average molecular weight is 497 g/mol. The molecule has 1 aromatic carbocycles. The van der Waals surface area contributed by atoms with Gasteiger partial charge in [0.05, 0.1) is 25.3 Å². The van der Waals surface area contributed by atoms with E-state index in [4.69, 9.17) is 18.9 Å². The molecule has 1 heterocycles. The number of hydrogen-bond acceptors (Lipinski definition) is 9. The zero-order valence-corrected chi connectivity index (χ0v) is 20.5. The van der Waals surface area contributed by atoms with Gasteiger partial charge in [0.25, 0.3) is 0 Å². The number of esters is 2. The van der Waals surface area contributed by atoms with Gasteiger partial charge in [-0.2, -0.15) is 0 Å². The second kappa shape index (κ2) is 13.6. The third-order valence-corrected chi connectivity index (χ3v) is 5.74. The minimum Gasteiger partial charge on any atom is -0.492 e. The first-order chi connectivity index (χ1) is 16.3. The molecule has 1 N–H and O–H groups in total. The van der Waals surface area contributed by atoms with Gasteiger partial charge in [0.15, 0.2) is 0 Å². The monoisotopic (exact) mass is 496 g/mol. The molecule has 0 radical (unpaired) electrons. The quantitative estimate of drug-likeness (QED) is 0.333. The predicted octanol–water partition coefficient (Wildman–Crippen LogP) is 3.12. The highest BCUT2D eigenvalue weighted by Gasteiger charge is 2.27. The van der Waals surface area contributed by atoms with Gasteiger partial charge in [-0.3, -0.25) is 9.69 Å². The van der Waals surface area contributed by atoms with Crippen LogP contribution in [0.4, 0.5) is 9.39 Å². The Kier molecular flexibility index (Phi) is 10.9. The molecular formula is C23H29FN2O7S. The Hall–Kier alpha value is -3.02. The summed E-state index contributed by atoms with van der Waals surface area (Å²) in [6.45, 7) is 4.45. The van der Waals surface area contributed by atoms with Crippen LogP contribution in [0.3, 0.4) is 0 Å². The molecule has 2 rings (SSSR count). The van der Waals surface area contributed by atoms with E-state index in [1.165, 1.54) is 31.4 Å². The Balaban J connectivity index is 2.01. The van der Waals surface area contributed by atoms with E-state index in [0.717, 1.165) is 11.3 Å². The van der Waals surface area contributed by atoms with Gasteiger partial charge in [0.1, 0.15) is 34.7 Å². The number of nitrogens with one attached hydrogen (secondary N) is 1. The highest BCUT2D eigenvalue weighted by Crippen LogP contribution is 2.34. The molecule has 34 heavy (non-hydrogen) atoms. The minimum absolute atomic E-state index is 0.0135. The smallest absolute Gasteiger partial charge is 0.348 e. The van der Waals surface area contributed by atoms with Crippen molar-refractivity contribution < 1.29 is 37.7 Å². The van der Waals surface area contributed by atoms with Crippen LogP contribution in [0, 0.1) is 12.7 Å². The van der Waals surface area contributed by atoms with E-state index in [9.17, 15) is 18.8 Å². The number of ether oxygens (including phenoxy) is 4. The number of anilines is 1. The number of halogens is 1. The summed E-state index contributed by atoms with van der Waals surface area (Å²) in [5.74, 6) is -1.45. The molecule has 9 nitrogen and oxygen atoms in total. The molecule has 0 aliphatic carbocycles. The topological polar surface area (TPSA) is 103 Å². The zero-order chi connectivity index (χ0) is 25.1. The lowest BCUT2D eigenvalue weighted by atomic mass is 10.1. The number of thiophene rings is 1. The maximum atomic E-state index is 13.0. The van der Waals surface area contributed by atoms with Gasteiger partial charge in [-0.25, -0.2) is 14.0 Å². The number of carbonyl (C=O) groups is 3. The second-order valence-electron chi connectivity index (χ2n) is 7.20. The largest absolute Gasteiger partial charge is 0.492 e. The van der Waals surface area contributed by atoms with Gasteiger partial charge in [0, 0.05) is 13.7 Å². The molecule has 0 aliphatic rings. The summed E-state index contributed by atoms with van der Waals surface area (Å²) in [5.41, 5.74) is 0.503. The normalized spacial score (nSPS) is 10.8. The molecule has 0 atom stereocenters. The first kappa shape index (κ1) is 27.2. The fraction of sp³-hybridized carbons (Fsp3) is 0.435. The van der Waals surface area contributed by atoms with E-state index in [-0.39, 0.29) is 53.5 Å². The first-order valence-electron chi connectivity index (χ1n) is 10.6. The standard InChI is InChI=1S/C23H29FN2O7S/c1-5-31-22(28)19-15(2)20(23(29)33-13-12-30-4)34-21(19)25-18(27)14-26(3)10-11-32-17-8-6-16(24)7-9-17/h6-9H,5,10-14H2,1-4H3,(H,25,27). The van der Waals surface area contributed by atoms with Crippen LogP contribution in [0.15, 0.2) is 24.3 Å². The summed E-state index contributed by atoms with van der Waals surface area (Å²) in [6, 6.07) is 5.66. The maximum Gasteiger partial charge on any atom is 0.348 e. The van der Waals surface area contributed by atoms with E-state index in [1.54, 1.807) is 25.8 Å². The number of nitrogens with zero attached hydrogens (tertiary/aromatic N) is 1. The SMILES string of the molecule is CCOC(=O)c1c(NC(=O)CN(C)CCOc2ccc(F)cc2)sc(C(=O)OCCOC)c1C. The lowest BCUT2D eigenvalue weighted by Gasteiger charge is -2.16. The predicted molar refractivity (Wildman–Crippen MR) is 125 cm³/mol. The molecular weight excluding hydrogens is 467 g/mol. The second-order valence-corrected chi connectivity index (χ2v) is 8.22. The van der Waals surface area contributed by atoms with Gasteiger partial charge in [0.2, 0.25) is 5.91 Å². The van der Waals surface area contributed by atoms with Crippen LogP contribution in [0.1, 0.15) is 32.5 Å². The highest BCUT2D eigenvalue weighted by atomic mass is 32.1. The molecule has 0 fully saturated rings. The van der Waals surface area contributed by atoms with Crippen LogP contribution in [-0.2, 0) is 19.0 Å². The number of benzene rings is 1. The molecule has 1 aromatic heterocycles. The van der Waals surface area contributed by atoms with Crippen molar-refractivity contribution in [2.45, 2.75) is 13.8 Å². The summed E-state index contributed by atoms with van der Waals surface area (Å²) < 4.78 is 33.6. The van der Waals surface area contributed by atoms with Crippen LogP contribution in [-0.4, -0.2) is 76.4 Å². The number of rotatable bonds is 13. The van der Waals surface area contributed by atoms with E-state index < -0.39 is 11.9 Å². The Bertz CT molecular complexity index is 978. The van der Waals surface area contributed by atoms with Gasteiger partial charge in [-0.1, -0.05) is 0 Å². The highest BCUT2D eigenvalue weighted by molar-refractivity contribution is 7.18. The molecule has 0 saturated heterocycles. The summed E-state index contributed by atoms with van der Waals surface area (Å²) in [7, 11) is 3.22. The van der Waals surface area contributed by atoms with Gasteiger partial charge in [-0.15, -0.1) is 11.3 Å². The zero-order valence-electron chi connectivity index (χ0n) is 19.6. The van der Waals surface area contributed by atoms with Crippen LogP contribution in [0.25, 0.3) is 0 Å². The Labute approximate surface area is 201 Å². The van der Waals surface area contributed by atoms with Crippen LogP contribution in [0.5, 0.6) is 5.75 Å². The molecule has 0 aliphatic heterocycles. The van der Waals surface area contributed by atoms with Crippen molar-refractivity contribution in [1.82, 2.24) is 4.90 Å². The molecule has 1 amide bonds. The fourth-order valence-electron chi connectivity index (χ4n) is 2.87. The van der Waals surface area contributed by atoms with Crippen LogP contribution in [0.2, 0.25) is 0 Å². The van der Waals surface area contributed by atoms with Crippen molar-refractivity contribution in [1.29, 1.82) is 0 Å². The van der Waals surface area contributed by atoms with Crippen molar-refractivity contribution in [2.24, 2.45) is 0 Å². The number of amides is 1. The summed E-state index contributed by atoms with van der Waals surface area (Å²) in [4.78, 5) is 39.5. The molecule has 0 bridgehead atoms. The molecule has 2 aromatic rings. The average Bonchev–Trinajstić information content (AvgIpc) is 3.11. The molecule has 186 valence electrons. The van der Waals surface area contributed by atoms with E-state index in [1.807, 2.05) is 0 Å². The number of methoxy groups -OCH3 is 1. The fourth-order valence-corrected chi connectivity index (χ4v) is 3.97. The van der Waals surface area contributed by atoms with Gasteiger partial charge >= 0.3 is 11.9 Å². The van der Waals surface area contributed by atoms with Gasteiger partial charge in [-0.05, 0) is 50.7 Å². The van der Waals surface area contributed by atoms with E-state index in [0.29, 0.717) is 24.5 Å². The lowest BCUT2D eigenvalue weighted by molar-refractivity contribution is -0.117. The van der Waals surface area contributed by atoms with Crippen LogP contribution >= 0.6 is 11.3 Å². The summed E-state index contributed by atoms with van der Waals surface area (Å²) >= 11 is 0.956. The minimum atomic E-state index is -0.636. The molecule has 0 unspecified atom stereocenters.